The Morgan fingerprint density at radius 3 is 2.71 bits per heavy atom. The van der Waals surface area contributed by atoms with Crippen LogP contribution in [0.25, 0.3) is 20.8 Å². The molecule has 0 amide bonds. The standard InChI is InChI=1S/C13H12IN3OP2S/c14-13(19,20)17-11-4-1-7(6-15-11)12-16-9-3-2-8(18)5-10(9)21-12/h1-6,18H,19-20H2,(H,15,17). The number of nitrogens with one attached hydrogen (secondary N) is 1. The molecule has 0 aliphatic heterocycles. The highest BCUT2D eigenvalue weighted by atomic mass is 127. The van der Waals surface area contributed by atoms with Gasteiger partial charge in [-0.3, -0.25) is 0 Å². The van der Waals surface area contributed by atoms with E-state index in [0.717, 1.165) is 26.6 Å². The monoisotopic (exact) mass is 447 g/mol. The maximum atomic E-state index is 9.51. The Labute approximate surface area is 144 Å². The number of halogens is 1. The smallest absolute Gasteiger partial charge is 0.127 e. The summed E-state index contributed by atoms with van der Waals surface area (Å²) < 4.78 is 0.757. The van der Waals surface area contributed by atoms with Gasteiger partial charge < -0.3 is 10.4 Å². The van der Waals surface area contributed by atoms with Crippen molar-refractivity contribution >= 4 is 68.4 Å². The number of phenols is 1. The molecule has 2 unspecified atom stereocenters. The van der Waals surface area contributed by atoms with Gasteiger partial charge in [-0.15, -0.1) is 11.3 Å². The second-order valence-electron chi connectivity index (χ2n) is 4.50. The largest absolute Gasteiger partial charge is 0.508 e. The van der Waals surface area contributed by atoms with Crippen LogP contribution in [0, 0.1) is 0 Å². The van der Waals surface area contributed by atoms with E-state index in [0.29, 0.717) is 0 Å². The SMILES string of the molecule is Oc1ccc2nc(-c3ccc(NC(P)(P)I)nc3)sc2c1. The summed E-state index contributed by atoms with van der Waals surface area (Å²) >= 11 is 3.80. The average molecular weight is 447 g/mol. The Hall–Kier alpha value is -0.550. The van der Waals surface area contributed by atoms with E-state index >= 15 is 0 Å². The molecule has 0 saturated carbocycles. The van der Waals surface area contributed by atoms with Gasteiger partial charge in [0, 0.05) is 11.8 Å². The molecular weight excluding hydrogens is 435 g/mol. The van der Waals surface area contributed by atoms with E-state index in [9.17, 15) is 5.11 Å². The van der Waals surface area contributed by atoms with E-state index in [1.807, 2.05) is 18.2 Å². The number of aromatic nitrogens is 2. The van der Waals surface area contributed by atoms with Crippen molar-refractivity contribution in [3.63, 3.8) is 0 Å². The van der Waals surface area contributed by atoms with E-state index in [4.69, 9.17) is 0 Å². The van der Waals surface area contributed by atoms with Crippen LogP contribution in [-0.4, -0.2) is 18.1 Å². The molecule has 2 atom stereocenters. The fourth-order valence-corrected chi connectivity index (χ4v) is 3.39. The molecule has 4 nitrogen and oxygen atoms in total. The molecule has 0 aliphatic rings. The molecule has 0 fully saturated rings. The van der Waals surface area contributed by atoms with Gasteiger partial charge in [-0.25, -0.2) is 9.97 Å². The summed E-state index contributed by atoms with van der Waals surface area (Å²) in [6.45, 7) is 0. The molecule has 2 aromatic heterocycles. The van der Waals surface area contributed by atoms with Gasteiger partial charge in [-0.2, -0.15) is 0 Å². The Bertz CT molecular complexity index is 786. The van der Waals surface area contributed by atoms with Crippen molar-refractivity contribution in [1.82, 2.24) is 9.97 Å². The number of nitrogens with zero attached hydrogens (tertiary/aromatic N) is 2. The first kappa shape index (κ1) is 15.3. The molecule has 3 aromatic rings. The minimum atomic E-state index is -0.209. The first-order valence-electron chi connectivity index (χ1n) is 6.01. The summed E-state index contributed by atoms with van der Waals surface area (Å²) in [5.74, 6) is 1.06. The highest BCUT2D eigenvalue weighted by molar-refractivity contribution is 14.1. The van der Waals surface area contributed by atoms with Gasteiger partial charge in [-0.1, -0.05) is 18.5 Å². The van der Waals surface area contributed by atoms with E-state index in [2.05, 4.69) is 56.4 Å². The maximum Gasteiger partial charge on any atom is 0.127 e. The zero-order chi connectivity index (χ0) is 15.0. The third kappa shape index (κ3) is 3.81. The summed E-state index contributed by atoms with van der Waals surface area (Å²) in [5, 5.41) is 13.6. The topological polar surface area (TPSA) is 58.0 Å². The number of pyridine rings is 1. The lowest BCUT2D eigenvalue weighted by molar-refractivity contribution is 0.476. The van der Waals surface area contributed by atoms with Gasteiger partial charge >= 0.3 is 0 Å². The zero-order valence-corrected chi connectivity index (χ0v) is 16.0. The molecule has 0 bridgehead atoms. The van der Waals surface area contributed by atoms with Gasteiger partial charge in [0.05, 0.1) is 10.2 Å². The number of alkyl halides is 1. The molecule has 0 radical (unpaired) electrons. The van der Waals surface area contributed by atoms with Gasteiger partial charge in [0.1, 0.15) is 19.6 Å². The van der Waals surface area contributed by atoms with Gasteiger partial charge in [0.2, 0.25) is 0 Å². The third-order valence-electron chi connectivity index (χ3n) is 2.70. The van der Waals surface area contributed by atoms with Crippen molar-refractivity contribution < 1.29 is 5.11 Å². The Morgan fingerprint density at radius 1 is 1.24 bits per heavy atom. The molecular formula is C13H12IN3OP2S. The molecule has 3 rings (SSSR count). The van der Waals surface area contributed by atoms with E-state index in [-0.39, 0.29) is 8.78 Å². The van der Waals surface area contributed by atoms with Gasteiger partial charge in [-0.05, 0) is 52.9 Å². The molecule has 2 heterocycles. The maximum absolute atomic E-state index is 9.51. The second kappa shape index (κ2) is 5.92. The summed E-state index contributed by atoms with van der Waals surface area (Å²) in [6, 6.07) is 9.12. The molecule has 0 spiro atoms. The third-order valence-corrected chi connectivity index (χ3v) is 4.33. The van der Waals surface area contributed by atoms with E-state index < -0.39 is 0 Å². The second-order valence-corrected chi connectivity index (χ2v) is 12.2. The normalized spacial score (nSPS) is 11.8. The first-order valence-corrected chi connectivity index (χ1v) is 9.06. The van der Waals surface area contributed by atoms with Crippen molar-refractivity contribution in [3.8, 4) is 16.3 Å². The predicted octanol–water partition coefficient (Wildman–Crippen LogP) is 4.27. The van der Waals surface area contributed by atoms with Crippen molar-refractivity contribution in [2.45, 2.75) is 3.03 Å². The summed E-state index contributed by atoms with van der Waals surface area (Å²) in [6.07, 6.45) is 1.80. The van der Waals surface area contributed by atoms with Crippen LogP contribution < -0.4 is 5.32 Å². The van der Waals surface area contributed by atoms with Gasteiger partial charge in [0.15, 0.2) is 0 Å². The number of phenolic OH excluding ortho intramolecular Hbond substituents is 1. The van der Waals surface area contributed by atoms with Crippen LogP contribution in [0.3, 0.4) is 0 Å². The number of anilines is 1. The number of rotatable bonds is 3. The molecule has 0 aliphatic carbocycles. The van der Waals surface area contributed by atoms with E-state index in [1.54, 1.807) is 29.7 Å². The molecule has 0 saturated heterocycles. The molecule has 108 valence electrons. The average Bonchev–Trinajstić information content (AvgIpc) is 2.80. The number of hydrogen-bond donors (Lipinski definition) is 2. The molecule has 2 N–H and O–H groups in total. The highest BCUT2D eigenvalue weighted by Crippen LogP contribution is 2.36. The van der Waals surface area contributed by atoms with Crippen LogP contribution in [0.15, 0.2) is 36.5 Å². The van der Waals surface area contributed by atoms with Crippen LogP contribution in [0.1, 0.15) is 0 Å². The number of fused-ring (bicyclic) bond motifs is 1. The van der Waals surface area contributed by atoms with Crippen molar-refractivity contribution in [1.29, 1.82) is 0 Å². The summed E-state index contributed by atoms with van der Waals surface area (Å²) in [4.78, 5) is 8.97. The number of aromatic hydroxyl groups is 1. The van der Waals surface area contributed by atoms with Crippen LogP contribution in [0.5, 0.6) is 5.75 Å². The predicted molar refractivity (Wildman–Crippen MR) is 104 cm³/mol. The molecule has 1 aromatic carbocycles. The van der Waals surface area contributed by atoms with Crippen LogP contribution in [-0.2, 0) is 0 Å². The summed E-state index contributed by atoms with van der Waals surface area (Å²) in [5.41, 5.74) is 1.85. The van der Waals surface area contributed by atoms with Crippen molar-refractivity contribution in [3.05, 3.63) is 36.5 Å². The Kier molecular flexibility index (Phi) is 4.33. The zero-order valence-electron chi connectivity index (χ0n) is 10.7. The highest BCUT2D eigenvalue weighted by Gasteiger charge is 2.13. The van der Waals surface area contributed by atoms with E-state index in [1.165, 1.54) is 0 Å². The summed E-state index contributed by atoms with van der Waals surface area (Å²) in [7, 11) is 5.36. The molecule has 8 heteroatoms. The number of benzene rings is 1. The van der Waals surface area contributed by atoms with Crippen molar-refractivity contribution in [2.75, 3.05) is 5.32 Å². The van der Waals surface area contributed by atoms with Crippen molar-refractivity contribution in [2.24, 2.45) is 0 Å². The lowest BCUT2D eigenvalue weighted by Crippen LogP contribution is -2.14. The van der Waals surface area contributed by atoms with Crippen LogP contribution >= 0.6 is 52.4 Å². The number of hydrogen-bond acceptors (Lipinski definition) is 5. The molecule has 21 heavy (non-hydrogen) atoms. The minimum absolute atomic E-state index is 0.209. The quantitative estimate of drug-likeness (QED) is 0.273. The fourth-order valence-electron chi connectivity index (χ4n) is 1.83. The Balaban J connectivity index is 1.91. The lowest BCUT2D eigenvalue weighted by Gasteiger charge is -2.18. The Morgan fingerprint density at radius 2 is 2.05 bits per heavy atom. The lowest BCUT2D eigenvalue weighted by atomic mass is 10.3. The first-order chi connectivity index (χ1) is 9.90. The minimum Gasteiger partial charge on any atom is -0.508 e. The van der Waals surface area contributed by atoms with Gasteiger partial charge in [0.25, 0.3) is 0 Å². The van der Waals surface area contributed by atoms with Crippen LogP contribution in [0.2, 0.25) is 0 Å². The van der Waals surface area contributed by atoms with Crippen LogP contribution in [0.4, 0.5) is 5.82 Å². The fraction of sp³-hybridized carbons (Fsp3) is 0.0769. The number of thiazole rings is 1.